The Morgan fingerprint density at radius 1 is 1.00 bits per heavy atom. The first-order valence-electron chi connectivity index (χ1n) is 12.3. The van der Waals surface area contributed by atoms with Crippen LogP contribution < -0.4 is 5.56 Å². The fourth-order valence-electron chi connectivity index (χ4n) is 4.94. The summed E-state index contributed by atoms with van der Waals surface area (Å²) in [6.45, 7) is 7.32. The number of amides is 1. The fraction of sp³-hybridized carbons (Fsp3) is 0.357. The fourth-order valence-corrected chi connectivity index (χ4v) is 4.94. The van der Waals surface area contributed by atoms with E-state index in [1.54, 1.807) is 10.9 Å². The van der Waals surface area contributed by atoms with Crippen molar-refractivity contribution in [3.63, 3.8) is 0 Å². The second-order valence-corrected chi connectivity index (χ2v) is 9.65. The number of carbonyl (C=O) groups is 1. The predicted molar refractivity (Wildman–Crippen MR) is 137 cm³/mol. The number of hydrogen-bond donors (Lipinski definition) is 0. The molecule has 0 bridgehead atoms. The maximum atomic E-state index is 13.4. The van der Waals surface area contributed by atoms with Crippen LogP contribution in [0, 0.1) is 26.7 Å². The van der Waals surface area contributed by atoms with E-state index in [9.17, 15) is 9.59 Å². The van der Waals surface area contributed by atoms with Crippen molar-refractivity contribution in [3.8, 4) is 5.69 Å². The van der Waals surface area contributed by atoms with Gasteiger partial charge in [0.05, 0.1) is 17.6 Å². The zero-order valence-electron chi connectivity index (χ0n) is 20.6. The quantitative estimate of drug-likeness (QED) is 0.443. The molecule has 1 amide bonds. The standard InChI is InChI=1S/C28H31N5O2/c1-19-9-10-24(15-20(19)2)33-27-25(17-29-33)21(3)30-32(28(27)35)18-26(34)31-13-11-23(12-14-31)16-22-7-5-4-6-8-22/h4-10,15,17,23H,11-14,16,18H2,1-3H3. The van der Waals surface area contributed by atoms with Gasteiger partial charge in [0.15, 0.2) is 0 Å². The minimum atomic E-state index is -0.298. The van der Waals surface area contributed by atoms with Crippen LogP contribution in [0.25, 0.3) is 16.6 Å². The number of aryl methyl sites for hydroxylation is 3. The van der Waals surface area contributed by atoms with Crippen LogP contribution in [0.4, 0.5) is 0 Å². The van der Waals surface area contributed by atoms with Crippen molar-refractivity contribution in [1.82, 2.24) is 24.5 Å². The highest BCUT2D eigenvalue weighted by Crippen LogP contribution is 2.22. The number of carbonyl (C=O) groups excluding carboxylic acids is 1. The summed E-state index contributed by atoms with van der Waals surface area (Å²) in [5, 5.41) is 9.63. The van der Waals surface area contributed by atoms with Crippen molar-refractivity contribution in [2.24, 2.45) is 5.92 Å². The molecule has 1 aliphatic heterocycles. The molecule has 0 spiro atoms. The Kier molecular flexibility index (Phi) is 6.24. The molecule has 180 valence electrons. The molecule has 1 saturated heterocycles. The van der Waals surface area contributed by atoms with Crippen LogP contribution in [0.5, 0.6) is 0 Å². The highest BCUT2D eigenvalue weighted by Gasteiger charge is 2.24. The third-order valence-corrected chi connectivity index (χ3v) is 7.22. The van der Waals surface area contributed by atoms with Crippen molar-refractivity contribution in [3.05, 3.63) is 87.5 Å². The van der Waals surface area contributed by atoms with E-state index in [2.05, 4.69) is 41.4 Å². The Hall–Kier alpha value is -3.74. The van der Waals surface area contributed by atoms with Gasteiger partial charge in [-0.15, -0.1) is 0 Å². The van der Waals surface area contributed by atoms with Crippen LogP contribution in [0.2, 0.25) is 0 Å². The number of nitrogens with zero attached hydrogens (tertiary/aromatic N) is 5. The lowest BCUT2D eigenvalue weighted by atomic mass is 9.90. The van der Waals surface area contributed by atoms with Gasteiger partial charge in [-0.1, -0.05) is 36.4 Å². The SMILES string of the molecule is Cc1ccc(-n2ncc3c(C)nn(CC(=O)N4CCC(Cc5ccccc5)CC4)c(=O)c32)cc1C. The van der Waals surface area contributed by atoms with Crippen LogP contribution in [0.15, 0.2) is 59.5 Å². The molecule has 3 heterocycles. The van der Waals surface area contributed by atoms with E-state index in [0.29, 0.717) is 35.6 Å². The second kappa shape index (κ2) is 9.49. The van der Waals surface area contributed by atoms with Gasteiger partial charge in [0.25, 0.3) is 5.56 Å². The lowest BCUT2D eigenvalue weighted by Gasteiger charge is -2.32. The summed E-state index contributed by atoms with van der Waals surface area (Å²) in [6, 6.07) is 16.5. The molecule has 0 atom stereocenters. The van der Waals surface area contributed by atoms with Crippen LogP contribution in [0.1, 0.15) is 35.2 Å². The molecule has 1 aliphatic rings. The van der Waals surface area contributed by atoms with E-state index in [0.717, 1.165) is 30.5 Å². The van der Waals surface area contributed by atoms with Gasteiger partial charge in [0, 0.05) is 18.5 Å². The zero-order chi connectivity index (χ0) is 24.5. The smallest absolute Gasteiger partial charge is 0.293 e. The number of hydrogen-bond acceptors (Lipinski definition) is 4. The maximum absolute atomic E-state index is 13.4. The first-order chi connectivity index (χ1) is 16.9. The lowest BCUT2D eigenvalue weighted by molar-refractivity contribution is -0.133. The highest BCUT2D eigenvalue weighted by molar-refractivity contribution is 5.82. The summed E-state index contributed by atoms with van der Waals surface area (Å²) in [6.07, 6.45) is 4.67. The first-order valence-corrected chi connectivity index (χ1v) is 12.3. The molecule has 0 N–H and O–H groups in total. The lowest BCUT2D eigenvalue weighted by Crippen LogP contribution is -2.42. The van der Waals surface area contributed by atoms with E-state index >= 15 is 0 Å². The highest BCUT2D eigenvalue weighted by atomic mass is 16.2. The molecule has 5 rings (SSSR count). The predicted octanol–water partition coefficient (Wildman–Crippen LogP) is 3.99. The van der Waals surface area contributed by atoms with Gasteiger partial charge in [0.1, 0.15) is 12.1 Å². The van der Waals surface area contributed by atoms with Crippen LogP contribution in [-0.4, -0.2) is 43.5 Å². The number of likely N-dealkylation sites (tertiary alicyclic amines) is 1. The molecule has 0 saturated carbocycles. The number of aromatic nitrogens is 4. The monoisotopic (exact) mass is 469 g/mol. The average Bonchev–Trinajstić information content (AvgIpc) is 3.31. The van der Waals surface area contributed by atoms with E-state index in [4.69, 9.17) is 0 Å². The summed E-state index contributed by atoms with van der Waals surface area (Å²) in [7, 11) is 0. The molecule has 7 nitrogen and oxygen atoms in total. The van der Waals surface area contributed by atoms with Crippen LogP contribution in [-0.2, 0) is 17.8 Å². The van der Waals surface area contributed by atoms with Crippen molar-refractivity contribution in [2.75, 3.05) is 13.1 Å². The van der Waals surface area contributed by atoms with E-state index in [1.807, 2.05) is 43.0 Å². The Balaban J connectivity index is 1.34. The van der Waals surface area contributed by atoms with Gasteiger partial charge in [-0.25, -0.2) is 9.36 Å². The van der Waals surface area contributed by atoms with Crippen molar-refractivity contribution in [2.45, 2.75) is 46.6 Å². The summed E-state index contributed by atoms with van der Waals surface area (Å²) in [5.74, 6) is 0.516. The van der Waals surface area contributed by atoms with E-state index < -0.39 is 0 Å². The molecule has 2 aromatic heterocycles. The minimum Gasteiger partial charge on any atom is -0.341 e. The van der Waals surface area contributed by atoms with E-state index in [-0.39, 0.29) is 18.0 Å². The minimum absolute atomic E-state index is 0.0585. The normalized spacial score (nSPS) is 14.5. The molecule has 0 aliphatic carbocycles. The largest absolute Gasteiger partial charge is 0.341 e. The number of fused-ring (bicyclic) bond motifs is 1. The summed E-state index contributed by atoms with van der Waals surface area (Å²) < 4.78 is 2.96. The number of rotatable bonds is 5. The van der Waals surface area contributed by atoms with Crippen LogP contribution in [0.3, 0.4) is 0 Å². The molecular formula is C28H31N5O2. The molecule has 1 fully saturated rings. The van der Waals surface area contributed by atoms with Crippen LogP contribution >= 0.6 is 0 Å². The summed E-state index contributed by atoms with van der Waals surface area (Å²) in [4.78, 5) is 28.4. The van der Waals surface area contributed by atoms with Crippen molar-refractivity contribution < 1.29 is 4.79 Å². The molecule has 0 radical (unpaired) electrons. The summed E-state index contributed by atoms with van der Waals surface area (Å²) >= 11 is 0. The Bertz CT molecular complexity index is 1430. The van der Waals surface area contributed by atoms with Gasteiger partial charge >= 0.3 is 0 Å². The summed E-state index contributed by atoms with van der Waals surface area (Å²) in [5.41, 5.74) is 5.32. The molecule has 2 aromatic carbocycles. The van der Waals surface area contributed by atoms with Gasteiger partial charge in [-0.05, 0) is 74.8 Å². The molecule has 7 heteroatoms. The third-order valence-electron chi connectivity index (χ3n) is 7.22. The zero-order valence-corrected chi connectivity index (χ0v) is 20.6. The van der Waals surface area contributed by atoms with Gasteiger partial charge in [0.2, 0.25) is 5.91 Å². The molecule has 35 heavy (non-hydrogen) atoms. The average molecular weight is 470 g/mol. The number of benzene rings is 2. The topological polar surface area (TPSA) is 73.0 Å². The van der Waals surface area contributed by atoms with Gasteiger partial charge in [-0.2, -0.15) is 10.2 Å². The Labute approximate surface area is 205 Å². The Morgan fingerprint density at radius 2 is 1.74 bits per heavy atom. The van der Waals surface area contributed by atoms with E-state index in [1.165, 1.54) is 15.8 Å². The molecular weight excluding hydrogens is 438 g/mol. The Morgan fingerprint density at radius 3 is 2.46 bits per heavy atom. The molecule has 0 unspecified atom stereocenters. The van der Waals surface area contributed by atoms with Gasteiger partial charge < -0.3 is 4.90 Å². The third kappa shape index (κ3) is 4.63. The van der Waals surface area contributed by atoms with Gasteiger partial charge in [-0.3, -0.25) is 9.59 Å². The van der Waals surface area contributed by atoms with Crippen molar-refractivity contribution >= 4 is 16.8 Å². The first kappa shape index (κ1) is 23.0. The number of piperidine rings is 1. The van der Waals surface area contributed by atoms with Crippen molar-refractivity contribution in [1.29, 1.82) is 0 Å². The molecule has 4 aromatic rings. The maximum Gasteiger partial charge on any atom is 0.293 e. The second-order valence-electron chi connectivity index (χ2n) is 9.65.